The van der Waals surface area contributed by atoms with Crippen molar-refractivity contribution in [1.29, 1.82) is 0 Å². The summed E-state index contributed by atoms with van der Waals surface area (Å²) in [4.78, 5) is 11.6. The predicted octanol–water partition coefficient (Wildman–Crippen LogP) is 2.38. The van der Waals surface area contributed by atoms with Crippen LogP contribution in [0.5, 0.6) is 0 Å². The third-order valence-corrected chi connectivity index (χ3v) is 2.31. The van der Waals surface area contributed by atoms with Crippen molar-refractivity contribution in [2.45, 2.75) is 0 Å². The van der Waals surface area contributed by atoms with E-state index in [0.717, 1.165) is 11.1 Å². The number of ketones is 1. The second kappa shape index (κ2) is 2.48. The highest BCUT2D eigenvalue weighted by Gasteiger charge is 2.24. The first-order valence-electron chi connectivity index (χ1n) is 4.26. The van der Waals surface area contributed by atoms with Crippen molar-refractivity contribution in [2.24, 2.45) is 10.2 Å². The van der Waals surface area contributed by atoms with Crippen LogP contribution in [0.3, 0.4) is 0 Å². The van der Waals surface area contributed by atoms with E-state index < -0.39 is 0 Å². The minimum absolute atomic E-state index is 0.0120. The number of nitrogens with zero attached hydrogens (tertiary/aromatic N) is 2. The number of allylic oxidation sites excluding steroid dienone is 2. The summed E-state index contributed by atoms with van der Waals surface area (Å²) in [6.45, 7) is 0. The number of carbonyl (C=O) groups excluding carboxylic acids is 1. The lowest BCUT2D eigenvalue weighted by atomic mass is 9.90. The van der Waals surface area contributed by atoms with Crippen LogP contribution < -0.4 is 0 Å². The average Bonchev–Trinajstić information content (AvgIpc) is 2.66. The fourth-order valence-electron chi connectivity index (χ4n) is 1.65. The molecule has 3 rings (SSSR count). The summed E-state index contributed by atoms with van der Waals surface area (Å²) in [6.07, 6.45) is 4.29. The molecule has 65 valence electrons. The van der Waals surface area contributed by atoms with Crippen molar-refractivity contribution in [1.82, 2.24) is 0 Å². The zero-order valence-electron chi connectivity index (χ0n) is 7.19. The van der Waals surface area contributed by atoms with Gasteiger partial charge in [-0.2, -0.15) is 0 Å². The van der Waals surface area contributed by atoms with Crippen molar-refractivity contribution in [2.75, 3.05) is 0 Å². The first-order valence-corrected chi connectivity index (χ1v) is 4.26. The molecular formula is C11H5N2O. The van der Waals surface area contributed by atoms with Crippen molar-refractivity contribution in [3.8, 4) is 0 Å². The van der Waals surface area contributed by atoms with Gasteiger partial charge in [0.25, 0.3) is 0 Å². The highest BCUT2D eigenvalue weighted by molar-refractivity contribution is 6.13. The number of rotatable bonds is 0. The van der Waals surface area contributed by atoms with Gasteiger partial charge >= 0.3 is 0 Å². The molecule has 1 aliphatic heterocycles. The quantitative estimate of drug-likeness (QED) is 0.605. The molecule has 3 heteroatoms. The van der Waals surface area contributed by atoms with Gasteiger partial charge in [-0.1, -0.05) is 24.3 Å². The maximum Gasteiger partial charge on any atom is 0.188 e. The molecular weight excluding hydrogens is 176 g/mol. The Morgan fingerprint density at radius 2 is 1.93 bits per heavy atom. The highest BCUT2D eigenvalue weighted by atomic mass is 16.1. The van der Waals surface area contributed by atoms with Crippen LogP contribution in [0.15, 0.2) is 46.3 Å². The molecule has 14 heavy (non-hydrogen) atoms. The van der Waals surface area contributed by atoms with Gasteiger partial charge in [0.2, 0.25) is 0 Å². The molecule has 0 amide bonds. The zero-order valence-corrected chi connectivity index (χ0v) is 7.19. The predicted molar refractivity (Wildman–Crippen MR) is 50.4 cm³/mol. The van der Waals surface area contributed by atoms with E-state index in [4.69, 9.17) is 0 Å². The Morgan fingerprint density at radius 1 is 1.14 bits per heavy atom. The maximum atomic E-state index is 11.6. The smallest absolute Gasteiger partial charge is 0.188 e. The van der Waals surface area contributed by atoms with Crippen LogP contribution >= 0.6 is 0 Å². The summed E-state index contributed by atoms with van der Waals surface area (Å²) in [5.41, 5.74) is 3.01. The number of carbonyl (C=O) groups is 1. The average molecular weight is 181 g/mol. The molecule has 1 aliphatic carbocycles. The van der Waals surface area contributed by atoms with Crippen molar-refractivity contribution < 1.29 is 4.79 Å². The molecule has 0 saturated carbocycles. The fraction of sp³-hybridized carbons (Fsp3) is 0. The zero-order chi connectivity index (χ0) is 9.54. The lowest BCUT2D eigenvalue weighted by Gasteiger charge is -2.12. The van der Waals surface area contributed by atoms with Crippen LogP contribution in [-0.4, -0.2) is 5.78 Å². The Kier molecular flexibility index (Phi) is 1.31. The summed E-state index contributed by atoms with van der Waals surface area (Å²) >= 11 is 0. The number of hydrogen-bond acceptors (Lipinski definition) is 3. The number of fused-ring (bicyclic) bond motifs is 3. The molecule has 1 aromatic carbocycles. The molecule has 0 unspecified atom stereocenters. The van der Waals surface area contributed by atoms with Crippen LogP contribution in [-0.2, 0) is 0 Å². The fourth-order valence-corrected chi connectivity index (χ4v) is 1.65. The van der Waals surface area contributed by atoms with Gasteiger partial charge in [-0.25, -0.2) is 0 Å². The van der Waals surface area contributed by atoms with Crippen LogP contribution in [0.1, 0.15) is 15.9 Å². The van der Waals surface area contributed by atoms with Crippen LogP contribution in [0.2, 0.25) is 0 Å². The Labute approximate surface area is 80.5 Å². The van der Waals surface area contributed by atoms with Crippen molar-refractivity contribution in [3.63, 3.8) is 0 Å². The Morgan fingerprint density at radius 3 is 2.79 bits per heavy atom. The Hall–Kier alpha value is -2.03. The molecule has 1 heterocycles. The largest absolute Gasteiger partial charge is 0.289 e. The summed E-state index contributed by atoms with van der Waals surface area (Å²) in [5, 5.41) is 7.50. The molecule has 2 aliphatic rings. The molecule has 0 fully saturated rings. The second-order valence-electron chi connectivity index (χ2n) is 3.13. The molecule has 0 saturated heterocycles. The van der Waals surface area contributed by atoms with E-state index in [1.807, 2.05) is 18.2 Å². The Bertz CT molecular complexity index is 524. The van der Waals surface area contributed by atoms with Gasteiger partial charge in [0, 0.05) is 17.2 Å². The van der Waals surface area contributed by atoms with Gasteiger partial charge in [-0.3, -0.25) is 4.79 Å². The summed E-state index contributed by atoms with van der Waals surface area (Å²) < 4.78 is 0. The lowest BCUT2D eigenvalue weighted by Crippen LogP contribution is -2.06. The number of benzene rings is 1. The van der Waals surface area contributed by atoms with Gasteiger partial charge in [-0.15, -0.1) is 10.2 Å². The molecule has 0 spiro atoms. The van der Waals surface area contributed by atoms with Gasteiger partial charge in [0.05, 0.1) is 5.70 Å². The first kappa shape index (κ1) is 7.38. The third-order valence-electron chi connectivity index (χ3n) is 2.31. The molecule has 0 N–H and O–H groups in total. The summed E-state index contributed by atoms with van der Waals surface area (Å²) in [5.74, 6) is -0.0120. The molecule has 3 nitrogen and oxygen atoms in total. The Balaban J connectivity index is 2.33. The number of hydrogen-bond donors (Lipinski definition) is 0. The SMILES string of the molecule is O=C1C=C2N=N[C]=C2c2ccccc21. The molecule has 0 aromatic heterocycles. The van der Waals surface area contributed by atoms with Crippen LogP contribution in [0.25, 0.3) is 5.57 Å². The second-order valence-corrected chi connectivity index (χ2v) is 3.13. The summed E-state index contributed by atoms with van der Waals surface area (Å²) in [6, 6.07) is 7.43. The molecule has 1 aromatic rings. The monoisotopic (exact) mass is 181 g/mol. The van der Waals surface area contributed by atoms with E-state index in [2.05, 4.69) is 16.4 Å². The van der Waals surface area contributed by atoms with E-state index in [0.29, 0.717) is 11.3 Å². The van der Waals surface area contributed by atoms with E-state index in [1.54, 1.807) is 6.07 Å². The van der Waals surface area contributed by atoms with Crippen LogP contribution in [0, 0.1) is 6.20 Å². The first-order chi connectivity index (χ1) is 6.86. The topological polar surface area (TPSA) is 41.8 Å². The normalized spacial score (nSPS) is 17.3. The molecule has 0 bridgehead atoms. The van der Waals surface area contributed by atoms with Crippen molar-refractivity contribution >= 4 is 11.4 Å². The van der Waals surface area contributed by atoms with Gasteiger partial charge < -0.3 is 0 Å². The van der Waals surface area contributed by atoms with Crippen molar-refractivity contribution in [3.05, 3.63) is 53.4 Å². The minimum Gasteiger partial charge on any atom is -0.289 e. The maximum absolute atomic E-state index is 11.6. The lowest BCUT2D eigenvalue weighted by molar-refractivity contribution is 0.104. The van der Waals surface area contributed by atoms with Gasteiger partial charge in [-0.05, 0) is 5.56 Å². The van der Waals surface area contributed by atoms with E-state index in [9.17, 15) is 4.79 Å². The third kappa shape index (κ3) is 0.836. The summed E-state index contributed by atoms with van der Waals surface area (Å²) in [7, 11) is 0. The van der Waals surface area contributed by atoms with Gasteiger partial charge in [0.1, 0.15) is 6.20 Å². The molecule has 0 atom stereocenters. The van der Waals surface area contributed by atoms with Crippen LogP contribution in [0.4, 0.5) is 0 Å². The highest BCUT2D eigenvalue weighted by Crippen LogP contribution is 2.34. The van der Waals surface area contributed by atoms with E-state index >= 15 is 0 Å². The molecule has 1 radical (unpaired) electrons. The number of azo groups is 1. The minimum atomic E-state index is -0.0120. The standard InChI is InChI=1S/C11H5N2O/c14-11-5-10-9(6-12-13-10)7-3-1-2-4-8(7)11/h1-5H. The van der Waals surface area contributed by atoms with E-state index in [-0.39, 0.29) is 5.78 Å². The van der Waals surface area contributed by atoms with Gasteiger partial charge in [0.15, 0.2) is 5.78 Å². The van der Waals surface area contributed by atoms with E-state index in [1.165, 1.54) is 6.08 Å².